The molecule has 260 valence electrons. The van der Waals surface area contributed by atoms with Gasteiger partial charge in [0.25, 0.3) is 17.4 Å². The third-order valence-corrected chi connectivity index (χ3v) is 9.46. The zero-order valence-electron chi connectivity index (χ0n) is 26.2. The molecule has 3 atom stereocenters. The highest BCUT2D eigenvalue weighted by Crippen LogP contribution is 2.35. The van der Waals surface area contributed by atoms with E-state index in [4.69, 9.17) is 25.3 Å². The number of aryl methyl sites for hydroxylation is 1. The van der Waals surface area contributed by atoms with Crippen molar-refractivity contribution in [1.82, 2.24) is 26.0 Å². The van der Waals surface area contributed by atoms with Crippen LogP contribution >= 0.6 is 11.3 Å². The molecule has 5 rings (SSSR count). The lowest BCUT2D eigenvalue weighted by Gasteiger charge is -2.50. The second kappa shape index (κ2) is 13.3. The van der Waals surface area contributed by atoms with Gasteiger partial charge >= 0.3 is 16.4 Å². The largest absolute Gasteiger partial charge is 0.485 e. The van der Waals surface area contributed by atoms with E-state index >= 15 is 0 Å². The molecule has 4 heterocycles. The third kappa shape index (κ3) is 7.21. The maximum absolute atomic E-state index is 13.4. The maximum atomic E-state index is 13.4. The highest BCUT2D eigenvalue weighted by molar-refractivity contribution is 7.80. The number of nitrogen functional groups attached to an aromatic ring is 1. The summed E-state index contributed by atoms with van der Waals surface area (Å²) >= 11 is 0.966. The normalized spacial score (nSPS) is 22.4. The van der Waals surface area contributed by atoms with Gasteiger partial charge < -0.3 is 36.4 Å². The van der Waals surface area contributed by atoms with Gasteiger partial charge in [0.05, 0.1) is 5.54 Å². The molecule has 1 aromatic carbocycles. The molecule has 0 saturated carbocycles. The SMILES string of the molecule is CC(ON=C(C(=O)NC1C(=O)N(OS(=O)(=O)O)C1(C)C)c1csc(N)n1)(C(=O)O)C1CCc2cc(C(=N)NC3CCNCC3)ccc2O1. The molecule has 2 fully saturated rings. The Morgan fingerprint density at radius 2 is 1.98 bits per heavy atom. The van der Waals surface area contributed by atoms with Crippen LogP contribution in [0.1, 0.15) is 56.9 Å². The Hall–Kier alpha value is -4.37. The molecule has 2 saturated heterocycles. The van der Waals surface area contributed by atoms with Crippen molar-refractivity contribution in [3.05, 3.63) is 40.4 Å². The number of oxime groups is 1. The number of fused-ring (bicyclic) bond motifs is 1. The molecule has 48 heavy (non-hydrogen) atoms. The zero-order chi connectivity index (χ0) is 35.0. The van der Waals surface area contributed by atoms with Gasteiger partial charge in [0.1, 0.15) is 23.3 Å². The van der Waals surface area contributed by atoms with Crippen LogP contribution in [0.25, 0.3) is 0 Å². The minimum atomic E-state index is -5.03. The Kier molecular flexibility index (Phi) is 9.66. The van der Waals surface area contributed by atoms with Crippen molar-refractivity contribution in [2.75, 3.05) is 18.8 Å². The molecule has 3 unspecified atom stereocenters. The molecule has 2 amide bonds. The standard InChI is InChI=1S/C28H36N8O10S2/c1-27(2)21(24(38)36(27)46-48(41,42)43)34-23(37)20(17-13-47-26(30)33-17)35-45-28(3,25(39)40)19-7-5-14-12-15(4-6-18(14)44-19)22(29)32-16-8-10-31-11-9-16/h4,6,12-13,16,19,21,31H,5,7-11H2,1-3H3,(H2,29,32)(H2,30,33)(H,34,37)(H,39,40)(H,41,42,43). The summed E-state index contributed by atoms with van der Waals surface area (Å²) < 4.78 is 41.7. The first-order valence-electron chi connectivity index (χ1n) is 14.9. The van der Waals surface area contributed by atoms with Crippen LogP contribution in [0.4, 0.5) is 5.13 Å². The first-order chi connectivity index (χ1) is 22.5. The van der Waals surface area contributed by atoms with Crippen molar-refractivity contribution in [2.45, 2.75) is 75.8 Å². The summed E-state index contributed by atoms with van der Waals surface area (Å²) in [5.41, 5.74) is 3.07. The van der Waals surface area contributed by atoms with Gasteiger partial charge in [0.2, 0.25) is 0 Å². The monoisotopic (exact) mass is 708 g/mol. The topological polar surface area (TPSA) is 268 Å². The van der Waals surface area contributed by atoms with Gasteiger partial charge in [-0.15, -0.1) is 15.6 Å². The van der Waals surface area contributed by atoms with Crippen LogP contribution in [0.5, 0.6) is 5.75 Å². The number of hydrogen-bond acceptors (Lipinski definition) is 14. The fourth-order valence-corrected chi connectivity index (χ4v) is 6.58. The number of piperidine rings is 1. The number of benzene rings is 1. The van der Waals surface area contributed by atoms with Gasteiger partial charge in [0.15, 0.2) is 16.9 Å². The van der Waals surface area contributed by atoms with E-state index in [1.165, 1.54) is 26.2 Å². The Morgan fingerprint density at radius 3 is 2.58 bits per heavy atom. The molecule has 0 bridgehead atoms. The molecular weight excluding hydrogens is 672 g/mol. The van der Waals surface area contributed by atoms with Gasteiger partial charge in [-0.25, -0.2) is 9.78 Å². The van der Waals surface area contributed by atoms with E-state index in [0.717, 1.165) is 42.8 Å². The number of aromatic nitrogens is 1. The number of carboxylic acid groups (broad SMARTS) is 1. The van der Waals surface area contributed by atoms with E-state index < -0.39 is 57.2 Å². The van der Waals surface area contributed by atoms with Gasteiger partial charge in [-0.2, -0.15) is 13.5 Å². The summed E-state index contributed by atoms with van der Waals surface area (Å²) in [6.45, 7) is 5.75. The number of amides is 2. The van der Waals surface area contributed by atoms with Gasteiger partial charge in [-0.3, -0.25) is 19.6 Å². The maximum Gasteiger partial charge on any atom is 0.418 e. The fraction of sp³-hybridized carbons (Fsp3) is 0.500. The van der Waals surface area contributed by atoms with E-state index in [-0.39, 0.29) is 23.3 Å². The Bertz CT molecular complexity index is 1760. The van der Waals surface area contributed by atoms with E-state index in [0.29, 0.717) is 28.6 Å². The number of ether oxygens (including phenoxy) is 1. The molecule has 18 nitrogen and oxygen atoms in total. The number of aliphatic carboxylic acids is 1. The van der Waals surface area contributed by atoms with E-state index in [1.54, 1.807) is 12.1 Å². The summed E-state index contributed by atoms with van der Waals surface area (Å²) in [5, 5.41) is 33.5. The van der Waals surface area contributed by atoms with Gasteiger partial charge in [-0.05, 0) is 83.3 Å². The number of carbonyl (C=O) groups excluding carboxylic acids is 2. The van der Waals surface area contributed by atoms with Crippen molar-refractivity contribution >= 4 is 56.2 Å². The predicted octanol–water partition coefficient (Wildman–Crippen LogP) is 0.190. The van der Waals surface area contributed by atoms with Crippen LogP contribution in [0.15, 0.2) is 28.7 Å². The molecule has 1 aromatic heterocycles. The summed E-state index contributed by atoms with van der Waals surface area (Å²) in [5.74, 6) is -2.74. The van der Waals surface area contributed by atoms with Crippen LogP contribution in [-0.4, -0.2) is 99.9 Å². The van der Waals surface area contributed by atoms with E-state index in [1.807, 2.05) is 6.07 Å². The van der Waals surface area contributed by atoms with Crippen LogP contribution in [-0.2, 0) is 40.3 Å². The van der Waals surface area contributed by atoms with Crippen LogP contribution in [0.2, 0.25) is 0 Å². The highest BCUT2D eigenvalue weighted by atomic mass is 32.3. The van der Waals surface area contributed by atoms with Gasteiger partial charge in [0, 0.05) is 17.0 Å². The minimum absolute atomic E-state index is 0.0601. The van der Waals surface area contributed by atoms with Crippen LogP contribution < -0.4 is 26.4 Å². The first kappa shape index (κ1) is 35.0. The molecule has 0 aliphatic carbocycles. The van der Waals surface area contributed by atoms with Crippen molar-refractivity contribution < 1.29 is 46.3 Å². The lowest BCUT2D eigenvalue weighted by atomic mass is 9.84. The molecule has 8 N–H and O–H groups in total. The summed E-state index contributed by atoms with van der Waals surface area (Å²) in [7, 11) is -5.03. The number of thiazole rings is 1. The fourth-order valence-electron chi connectivity index (χ4n) is 5.58. The highest BCUT2D eigenvalue weighted by Gasteiger charge is 2.58. The van der Waals surface area contributed by atoms with E-state index in [9.17, 15) is 27.9 Å². The Labute approximate surface area is 279 Å². The lowest BCUT2D eigenvalue weighted by molar-refractivity contribution is -0.218. The van der Waals surface area contributed by atoms with E-state index in [2.05, 4.69) is 30.4 Å². The summed E-state index contributed by atoms with van der Waals surface area (Å²) in [4.78, 5) is 48.3. The molecule has 0 spiro atoms. The molecule has 3 aliphatic heterocycles. The number of hydrogen-bond donors (Lipinski definition) is 7. The average molecular weight is 709 g/mol. The quantitative estimate of drug-likeness (QED) is 0.0540. The second-order valence-electron chi connectivity index (χ2n) is 12.2. The van der Waals surface area contributed by atoms with Gasteiger partial charge in [-0.1, -0.05) is 5.16 Å². The number of nitrogens with zero attached hydrogens (tertiary/aromatic N) is 3. The third-order valence-electron chi connectivity index (χ3n) is 8.45. The Balaban J connectivity index is 1.33. The second-order valence-corrected chi connectivity index (χ2v) is 14.1. The first-order valence-corrected chi connectivity index (χ1v) is 17.1. The predicted molar refractivity (Wildman–Crippen MR) is 171 cm³/mol. The lowest BCUT2D eigenvalue weighted by Crippen LogP contribution is -2.76. The van der Waals surface area contributed by atoms with Crippen LogP contribution in [0.3, 0.4) is 0 Å². The number of hydroxylamine groups is 2. The Morgan fingerprint density at radius 1 is 1.27 bits per heavy atom. The number of carboxylic acids is 1. The van der Waals surface area contributed by atoms with Crippen LogP contribution in [0, 0.1) is 5.41 Å². The number of amidine groups is 1. The molecule has 3 aliphatic rings. The average Bonchev–Trinajstić information content (AvgIpc) is 3.47. The van der Waals surface area contributed by atoms with Crippen molar-refractivity contribution in [1.29, 1.82) is 5.41 Å². The zero-order valence-corrected chi connectivity index (χ0v) is 27.8. The molecular formula is C28H36N8O10S2. The van der Waals surface area contributed by atoms with Crippen molar-refractivity contribution in [3.63, 3.8) is 0 Å². The number of carbonyl (C=O) groups is 3. The number of β-lactam (4-membered cyclic amide) rings is 1. The number of nitrogens with one attached hydrogen (secondary N) is 4. The molecule has 2 aromatic rings. The molecule has 0 radical (unpaired) electrons. The number of rotatable bonds is 11. The molecule has 20 heteroatoms. The van der Waals surface area contributed by atoms with Crippen molar-refractivity contribution in [2.24, 2.45) is 5.16 Å². The van der Waals surface area contributed by atoms with Crippen molar-refractivity contribution in [3.8, 4) is 5.75 Å². The summed E-state index contributed by atoms with van der Waals surface area (Å²) in [6, 6.07) is 4.09. The smallest absolute Gasteiger partial charge is 0.418 e. The number of nitrogens with two attached hydrogens (primary N) is 1. The minimum Gasteiger partial charge on any atom is -0.485 e. The summed E-state index contributed by atoms with van der Waals surface area (Å²) in [6.07, 6.45) is 1.36. The number of anilines is 1.